The Labute approximate surface area is 290 Å². The molecule has 0 bridgehead atoms. The molecule has 0 aliphatic carbocycles. The Kier molecular flexibility index (Phi) is 6.52. The first-order valence-electron chi connectivity index (χ1n) is 16.8. The van der Waals surface area contributed by atoms with Gasteiger partial charge in [0.05, 0.1) is 11.4 Å². The monoisotopic (exact) mass is 637 g/mol. The third-order valence-electron chi connectivity index (χ3n) is 10.0. The quantitative estimate of drug-likeness (QED) is 0.181. The summed E-state index contributed by atoms with van der Waals surface area (Å²) in [5, 5.41) is 0. The van der Waals surface area contributed by atoms with Crippen LogP contribution in [0.1, 0.15) is 0 Å². The van der Waals surface area contributed by atoms with Crippen LogP contribution in [0.5, 0.6) is 0 Å². The van der Waals surface area contributed by atoms with Crippen molar-refractivity contribution in [1.29, 1.82) is 0 Å². The highest BCUT2D eigenvalue weighted by atomic mass is 15.1. The number of hydrogen-bond acceptors (Lipinski definition) is 5. The van der Waals surface area contributed by atoms with Crippen LogP contribution < -0.4 is 15.7 Å². The normalized spacial score (nSPS) is 12.3. The van der Waals surface area contributed by atoms with Gasteiger partial charge in [-0.05, 0) is 93.8 Å². The average Bonchev–Trinajstić information content (AvgIpc) is 3.21. The van der Waals surface area contributed by atoms with E-state index < -0.39 is 0 Å². The van der Waals surface area contributed by atoms with Crippen LogP contribution in [-0.4, -0.2) is 26.8 Å². The molecule has 0 radical (unpaired) electrons. The molecule has 50 heavy (non-hydrogen) atoms. The van der Waals surface area contributed by atoms with E-state index in [9.17, 15) is 0 Å². The molecule has 0 amide bonds. The summed E-state index contributed by atoms with van der Waals surface area (Å²) in [5.41, 5.74) is 18.4. The van der Waals surface area contributed by atoms with Crippen LogP contribution in [0, 0.1) is 0 Å². The third-order valence-corrected chi connectivity index (χ3v) is 10.0. The molecule has 232 valence electrons. The second-order valence-corrected chi connectivity index (χ2v) is 12.7. The molecule has 5 nitrogen and oxygen atoms in total. The van der Waals surface area contributed by atoms with Gasteiger partial charge in [0, 0.05) is 81.9 Å². The van der Waals surface area contributed by atoms with Crippen molar-refractivity contribution >= 4 is 29.1 Å². The minimum atomic E-state index is 0.0572. The number of anilines is 2. The van der Waals surface area contributed by atoms with Crippen LogP contribution >= 0.6 is 0 Å². The van der Waals surface area contributed by atoms with Gasteiger partial charge < -0.3 is 4.81 Å². The number of nitrogens with zero attached hydrogens (tertiary/aromatic N) is 5. The zero-order chi connectivity index (χ0) is 33.0. The van der Waals surface area contributed by atoms with Crippen LogP contribution in [0.25, 0.3) is 67.0 Å². The summed E-state index contributed by atoms with van der Waals surface area (Å²) >= 11 is 0. The highest BCUT2D eigenvalue weighted by Gasteiger charge is 2.42. The second kappa shape index (κ2) is 11.5. The summed E-state index contributed by atoms with van der Waals surface area (Å²) in [4.78, 5) is 20.5. The fraction of sp³-hybridized carbons (Fsp3) is 0. The minimum Gasteiger partial charge on any atom is -0.376 e. The van der Waals surface area contributed by atoms with Gasteiger partial charge >= 0.3 is 6.85 Å². The van der Waals surface area contributed by atoms with E-state index in [2.05, 4.69) is 124 Å². The number of aromatic nitrogens is 4. The number of pyridine rings is 4. The fourth-order valence-corrected chi connectivity index (χ4v) is 7.61. The van der Waals surface area contributed by atoms with Crippen LogP contribution in [0.15, 0.2) is 171 Å². The maximum atomic E-state index is 4.81. The number of benzene rings is 4. The van der Waals surface area contributed by atoms with Crippen molar-refractivity contribution in [2.45, 2.75) is 0 Å². The van der Waals surface area contributed by atoms with Crippen LogP contribution in [0.4, 0.5) is 11.4 Å². The first-order chi connectivity index (χ1) is 24.8. The lowest BCUT2D eigenvalue weighted by Crippen LogP contribution is -2.59. The summed E-state index contributed by atoms with van der Waals surface area (Å²) in [6.45, 7) is 0.0572. The SMILES string of the molecule is c1ccc2c(c1)B1c3ccccc3-c3cc(-c4ccc(-c5ccncc5)nc4)ccc3N1c1ccc(-c3ccc(-c4ccncc4)nc3)cc1-2. The van der Waals surface area contributed by atoms with Gasteiger partial charge in [-0.15, -0.1) is 0 Å². The molecule has 0 saturated heterocycles. The van der Waals surface area contributed by atoms with Crippen LogP contribution in [-0.2, 0) is 0 Å². The van der Waals surface area contributed by atoms with Crippen molar-refractivity contribution in [3.05, 3.63) is 171 Å². The van der Waals surface area contributed by atoms with Gasteiger partial charge in [0.2, 0.25) is 0 Å². The number of rotatable bonds is 4. The smallest absolute Gasteiger partial charge is 0.329 e. The molecule has 2 aliphatic heterocycles. The largest absolute Gasteiger partial charge is 0.376 e. The van der Waals surface area contributed by atoms with E-state index in [1.165, 1.54) is 44.6 Å². The van der Waals surface area contributed by atoms with Crippen molar-refractivity contribution in [3.63, 3.8) is 0 Å². The van der Waals surface area contributed by atoms with Gasteiger partial charge in [-0.3, -0.25) is 19.9 Å². The average molecular weight is 638 g/mol. The van der Waals surface area contributed by atoms with Crippen molar-refractivity contribution in [1.82, 2.24) is 19.9 Å². The van der Waals surface area contributed by atoms with E-state index in [1.54, 1.807) is 24.8 Å². The summed E-state index contributed by atoms with van der Waals surface area (Å²) < 4.78 is 0. The third kappa shape index (κ3) is 4.57. The maximum Gasteiger partial charge on any atom is 0.329 e. The van der Waals surface area contributed by atoms with Gasteiger partial charge in [-0.1, -0.05) is 72.8 Å². The van der Waals surface area contributed by atoms with Gasteiger partial charge in [-0.2, -0.15) is 0 Å². The molecule has 8 aromatic rings. The molecule has 2 aliphatic rings. The van der Waals surface area contributed by atoms with Gasteiger partial charge in [0.25, 0.3) is 0 Å². The lowest BCUT2D eigenvalue weighted by molar-refractivity contribution is 1.29. The Hall–Kier alpha value is -6.66. The molecule has 0 unspecified atom stereocenters. The molecule has 0 N–H and O–H groups in total. The Morgan fingerprint density at radius 1 is 0.380 bits per heavy atom. The molecule has 4 aromatic carbocycles. The first kappa shape index (κ1) is 28.4. The van der Waals surface area contributed by atoms with Crippen molar-refractivity contribution in [2.24, 2.45) is 0 Å². The summed E-state index contributed by atoms with van der Waals surface area (Å²) in [5.74, 6) is 0. The Morgan fingerprint density at radius 2 is 0.820 bits per heavy atom. The van der Waals surface area contributed by atoms with Crippen molar-refractivity contribution < 1.29 is 0 Å². The second-order valence-electron chi connectivity index (χ2n) is 12.7. The topological polar surface area (TPSA) is 54.8 Å². The molecule has 0 spiro atoms. The van der Waals surface area contributed by atoms with Gasteiger partial charge in [-0.25, -0.2) is 0 Å². The molecule has 4 aromatic heterocycles. The fourth-order valence-electron chi connectivity index (χ4n) is 7.61. The Balaban J connectivity index is 1.09. The molecule has 0 atom stereocenters. The predicted octanol–water partition coefficient (Wildman–Crippen LogP) is 8.84. The molecular weight excluding hydrogens is 609 g/mol. The van der Waals surface area contributed by atoms with E-state index in [0.717, 1.165) is 44.8 Å². The molecule has 10 rings (SSSR count). The maximum absolute atomic E-state index is 4.81. The molecule has 0 saturated carbocycles. The summed E-state index contributed by atoms with van der Waals surface area (Å²) in [6.07, 6.45) is 11.2. The zero-order valence-corrected chi connectivity index (χ0v) is 27.0. The van der Waals surface area contributed by atoms with Crippen LogP contribution in [0.3, 0.4) is 0 Å². The first-order valence-corrected chi connectivity index (χ1v) is 16.8. The molecule has 0 fully saturated rings. The number of hydrogen-bond donors (Lipinski definition) is 0. The number of fused-ring (bicyclic) bond motifs is 11. The molecular formula is C44H28BN5. The van der Waals surface area contributed by atoms with E-state index in [4.69, 9.17) is 9.97 Å². The van der Waals surface area contributed by atoms with E-state index in [0.29, 0.717) is 0 Å². The van der Waals surface area contributed by atoms with Crippen LogP contribution in [0.2, 0.25) is 0 Å². The highest BCUT2D eigenvalue weighted by Crippen LogP contribution is 2.47. The van der Waals surface area contributed by atoms with E-state index in [-0.39, 0.29) is 6.85 Å². The van der Waals surface area contributed by atoms with E-state index in [1.807, 2.05) is 36.7 Å². The minimum absolute atomic E-state index is 0.0572. The highest BCUT2D eigenvalue weighted by molar-refractivity contribution is 6.92. The van der Waals surface area contributed by atoms with Gasteiger partial charge in [0.1, 0.15) is 0 Å². The lowest BCUT2D eigenvalue weighted by Gasteiger charge is -2.43. The molecule has 6 heteroatoms. The molecule has 6 heterocycles. The summed E-state index contributed by atoms with van der Waals surface area (Å²) in [7, 11) is 0. The predicted molar refractivity (Wildman–Crippen MR) is 204 cm³/mol. The summed E-state index contributed by atoms with van der Waals surface area (Å²) in [6, 6.07) is 47.9. The van der Waals surface area contributed by atoms with E-state index >= 15 is 0 Å². The zero-order valence-electron chi connectivity index (χ0n) is 27.0. The van der Waals surface area contributed by atoms with Gasteiger partial charge in [0.15, 0.2) is 0 Å². The Bertz CT molecular complexity index is 2360. The standard InChI is InChI=1S/C44H28BN5/c1-3-7-39-35(5-1)37-25-31(33-9-13-41(48-27-33)29-17-21-46-22-18-29)11-15-43(37)50-44-16-12-32(26-38(44)36-6-2-4-8-40(36)45(39)50)34-10-14-42(49-28-34)30-19-23-47-24-20-30/h1-28H. The Morgan fingerprint density at radius 3 is 1.26 bits per heavy atom. The van der Waals surface area contributed by atoms with Crippen molar-refractivity contribution in [2.75, 3.05) is 4.81 Å². The lowest BCUT2D eigenvalue weighted by atomic mass is 9.43. The van der Waals surface area contributed by atoms with Crippen molar-refractivity contribution in [3.8, 4) is 67.0 Å².